The van der Waals surface area contributed by atoms with Gasteiger partial charge in [0.2, 0.25) is 0 Å². The molecule has 150 valence electrons. The van der Waals surface area contributed by atoms with E-state index in [1.165, 1.54) is 31.4 Å². The summed E-state index contributed by atoms with van der Waals surface area (Å²) in [6.45, 7) is 7.13. The lowest BCUT2D eigenvalue weighted by molar-refractivity contribution is 0.0526. The van der Waals surface area contributed by atoms with Gasteiger partial charge in [-0.2, -0.15) is 0 Å². The minimum absolute atomic E-state index is 0.0605. The lowest BCUT2D eigenvalue weighted by Gasteiger charge is -2.25. The highest BCUT2D eigenvalue weighted by Gasteiger charge is 2.27. The summed E-state index contributed by atoms with van der Waals surface area (Å²) in [4.78, 5) is 11.8. The monoisotopic (exact) mass is 407 g/mol. The highest BCUT2D eigenvalue weighted by molar-refractivity contribution is 7.92. The number of rotatable bonds is 8. The molecule has 0 aliphatic heterocycles. The van der Waals surface area contributed by atoms with E-state index in [2.05, 4.69) is 6.58 Å². The van der Waals surface area contributed by atoms with Crippen LogP contribution in [0.2, 0.25) is 0 Å². The summed E-state index contributed by atoms with van der Waals surface area (Å²) in [6.07, 6.45) is 1.41. The second-order valence-corrected chi connectivity index (χ2v) is 7.71. The summed E-state index contributed by atoms with van der Waals surface area (Å²) in [7, 11) is -2.83. The highest BCUT2D eigenvalue weighted by atomic mass is 32.2. The zero-order chi connectivity index (χ0) is 20.9. The van der Waals surface area contributed by atoms with Crippen molar-refractivity contribution in [2.45, 2.75) is 18.7 Å². The molecular formula is C20H22FNO5S. The molecule has 28 heavy (non-hydrogen) atoms. The molecule has 0 saturated carbocycles. The highest BCUT2D eigenvalue weighted by Crippen LogP contribution is 2.30. The van der Waals surface area contributed by atoms with Gasteiger partial charge in [0.15, 0.2) is 11.6 Å². The van der Waals surface area contributed by atoms with Gasteiger partial charge in [-0.25, -0.2) is 17.6 Å². The van der Waals surface area contributed by atoms with Crippen molar-refractivity contribution in [3.63, 3.8) is 0 Å². The molecule has 0 fully saturated rings. The smallest absolute Gasteiger partial charge is 0.338 e. The van der Waals surface area contributed by atoms with Crippen LogP contribution in [0.4, 0.5) is 10.1 Å². The lowest BCUT2D eigenvalue weighted by atomic mass is 10.1. The Morgan fingerprint density at radius 1 is 1.25 bits per heavy atom. The summed E-state index contributed by atoms with van der Waals surface area (Å²) in [6, 6.07) is 8.03. The van der Waals surface area contributed by atoms with Crippen LogP contribution in [-0.4, -0.2) is 34.6 Å². The van der Waals surface area contributed by atoms with Gasteiger partial charge in [0.25, 0.3) is 10.0 Å². The fraction of sp³-hybridized carbons (Fsp3) is 0.250. The zero-order valence-corrected chi connectivity index (χ0v) is 16.8. The standard InChI is InChI=1S/C20H22FNO5S/c1-5-11-22(18-12-15(8-7-14(18)3)20(23)27-6-2)28(24,25)16-9-10-19(26-4)17(21)13-16/h5,7-10,12-13H,1,6,11H2,2-4H3. The first kappa shape index (κ1) is 21.4. The van der Waals surface area contributed by atoms with Crippen molar-refractivity contribution >= 4 is 21.7 Å². The molecule has 0 saturated heterocycles. The number of carbonyl (C=O) groups is 1. The van der Waals surface area contributed by atoms with Crippen LogP contribution in [0.5, 0.6) is 5.75 Å². The van der Waals surface area contributed by atoms with Gasteiger partial charge in [-0.3, -0.25) is 4.31 Å². The number of anilines is 1. The Balaban J connectivity index is 2.58. The summed E-state index contributed by atoms with van der Waals surface area (Å²) >= 11 is 0. The second kappa shape index (κ2) is 8.88. The van der Waals surface area contributed by atoms with Crippen LogP contribution < -0.4 is 9.04 Å². The Bertz CT molecular complexity index is 988. The number of ether oxygens (including phenoxy) is 2. The van der Waals surface area contributed by atoms with E-state index in [1.807, 2.05) is 0 Å². The number of methoxy groups -OCH3 is 1. The minimum Gasteiger partial charge on any atom is -0.494 e. The summed E-state index contributed by atoms with van der Waals surface area (Å²) in [5.41, 5.74) is 1.11. The molecule has 0 amide bonds. The molecule has 0 spiro atoms. The normalized spacial score (nSPS) is 11.0. The Morgan fingerprint density at radius 2 is 1.96 bits per heavy atom. The number of benzene rings is 2. The van der Waals surface area contributed by atoms with Crippen LogP contribution in [0.3, 0.4) is 0 Å². The van der Waals surface area contributed by atoms with E-state index in [0.29, 0.717) is 5.56 Å². The number of hydrogen-bond acceptors (Lipinski definition) is 5. The van der Waals surface area contributed by atoms with Crippen LogP contribution >= 0.6 is 0 Å². The van der Waals surface area contributed by atoms with Crippen molar-refractivity contribution in [1.82, 2.24) is 0 Å². The van der Waals surface area contributed by atoms with Crippen molar-refractivity contribution in [3.05, 3.63) is 66.0 Å². The largest absolute Gasteiger partial charge is 0.494 e. The van der Waals surface area contributed by atoms with Gasteiger partial charge in [-0.05, 0) is 49.7 Å². The molecule has 2 aromatic carbocycles. The van der Waals surface area contributed by atoms with Gasteiger partial charge in [0.05, 0.1) is 36.4 Å². The molecule has 0 unspecified atom stereocenters. The molecule has 2 aromatic rings. The Morgan fingerprint density at radius 3 is 2.54 bits per heavy atom. The van der Waals surface area contributed by atoms with E-state index in [1.54, 1.807) is 26.0 Å². The molecule has 0 aliphatic carbocycles. The SMILES string of the molecule is C=CCN(c1cc(C(=O)OCC)ccc1C)S(=O)(=O)c1ccc(OC)c(F)c1. The number of sulfonamides is 1. The first-order valence-electron chi connectivity index (χ1n) is 8.51. The maximum Gasteiger partial charge on any atom is 0.338 e. The second-order valence-electron chi connectivity index (χ2n) is 5.84. The van der Waals surface area contributed by atoms with Crippen LogP contribution in [0.25, 0.3) is 0 Å². The van der Waals surface area contributed by atoms with Crippen molar-refractivity contribution in [2.75, 3.05) is 24.6 Å². The van der Waals surface area contributed by atoms with Crippen LogP contribution in [0.15, 0.2) is 53.9 Å². The number of hydrogen-bond donors (Lipinski definition) is 0. The number of carbonyl (C=O) groups excluding carboxylic acids is 1. The molecule has 0 atom stereocenters. The average Bonchev–Trinajstić information content (AvgIpc) is 2.66. The van der Waals surface area contributed by atoms with Crippen LogP contribution in [0, 0.1) is 12.7 Å². The predicted octanol–water partition coefficient (Wildman–Crippen LogP) is 3.70. The van der Waals surface area contributed by atoms with Gasteiger partial charge in [0.1, 0.15) is 0 Å². The molecule has 0 radical (unpaired) electrons. The number of aryl methyl sites for hydroxylation is 1. The van der Waals surface area contributed by atoms with Gasteiger partial charge in [0, 0.05) is 0 Å². The Kier molecular flexibility index (Phi) is 6.80. The quantitative estimate of drug-likeness (QED) is 0.493. The molecule has 6 nitrogen and oxygen atoms in total. The lowest BCUT2D eigenvalue weighted by Crippen LogP contribution is -2.32. The first-order chi connectivity index (χ1) is 13.3. The molecule has 0 aromatic heterocycles. The Labute approximate surface area is 164 Å². The summed E-state index contributed by atoms with van der Waals surface area (Å²) < 4.78 is 51.3. The topological polar surface area (TPSA) is 72.9 Å². The maximum absolute atomic E-state index is 14.1. The fourth-order valence-electron chi connectivity index (χ4n) is 2.60. The van der Waals surface area contributed by atoms with Crippen molar-refractivity contribution in [3.8, 4) is 5.75 Å². The third-order valence-electron chi connectivity index (χ3n) is 4.00. The van der Waals surface area contributed by atoms with E-state index in [0.717, 1.165) is 10.4 Å². The maximum atomic E-state index is 14.1. The van der Waals surface area contributed by atoms with Gasteiger partial charge < -0.3 is 9.47 Å². The third-order valence-corrected chi connectivity index (χ3v) is 5.77. The molecule has 2 rings (SSSR count). The van der Waals surface area contributed by atoms with Gasteiger partial charge in [-0.1, -0.05) is 12.1 Å². The number of nitrogens with zero attached hydrogens (tertiary/aromatic N) is 1. The van der Waals surface area contributed by atoms with E-state index >= 15 is 0 Å². The van der Waals surface area contributed by atoms with Gasteiger partial charge in [-0.15, -0.1) is 6.58 Å². The predicted molar refractivity (Wildman–Crippen MR) is 105 cm³/mol. The molecule has 0 aliphatic rings. The summed E-state index contributed by atoms with van der Waals surface area (Å²) in [5, 5.41) is 0. The molecule has 0 heterocycles. The number of esters is 1. The van der Waals surface area contributed by atoms with Crippen molar-refractivity contribution in [1.29, 1.82) is 0 Å². The molecule has 0 bridgehead atoms. The van der Waals surface area contributed by atoms with Crippen LogP contribution in [0.1, 0.15) is 22.8 Å². The minimum atomic E-state index is -4.13. The van der Waals surface area contributed by atoms with Crippen LogP contribution in [-0.2, 0) is 14.8 Å². The van der Waals surface area contributed by atoms with E-state index in [-0.39, 0.29) is 35.0 Å². The van der Waals surface area contributed by atoms with Crippen molar-refractivity contribution < 1.29 is 27.1 Å². The molecule has 0 N–H and O–H groups in total. The number of halogens is 1. The van der Waals surface area contributed by atoms with E-state index in [4.69, 9.17) is 9.47 Å². The average molecular weight is 407 g/mol. The van der Waals surface area contributed by atoms with Crippen molar-refractivity contribution in [2.24, 2.45) is 0 Å². The fourth-order valence-corrected chi connectivity index (χ4v) is 4.10. The third kappa shape index (κ3) is 4.33. The molecule has 8 heteroatoms. The Hall–Kier alpha value is -2.87. The first-order valence-corrected chi connectivity index (χ1v) is 9.95. The van der Waals surface area contributed by atoms with E-state index < -0.39 is 21.8 Å². The van der Waals surface area contributed by atoms with Gasteiger partial charge >= 0.3 is 5.97 Å². The van der Waals surface area contributed by atoms with E-state index in [9.17, 15) is 17.6 Å². The zero-order valence-electron chi connectivity index (χ0n) is 15.9. The molecular weight excluding hydrogens is 385 g/mol. The summed E-state index contributed by atoms with van der Waals surface area (Å²) in [5.74, 6) is -1.41.